The highest BCUT2D eigenvalue weighted by molar-refractivity contribution is 7.80. The van der Waals surface area contributed by atoms with Crippen LogP contribution < -0.4 is 0 Å². The number of carbonyl (C=O) groups excluding carboxylic acids is 1. The van der Waals surface area contributed by atoms with Gasteiger partial charge in [0.25, 0.3) is 5.91 Å². The van der Waals surface area contributed by atoms with Gasteiger partial charge in [-0.15, -0.1) is 12.6 Å². The molecule has 21 heavy (non-hydrogen) atoms. The number of thiol groups is 1. The van der Waals surface area contributed by atoms with Crippen molar-refractivity contribution in [3.63, 3.8) is 0 Å². The summed E-state index contributed by atoms with van der Waals surface area (Å²) in [6.45, 7) is 1.52. The second kappa shape index (κ2) is 5.99. The van der Waals surface area contributed by atoms with Crippen LogP contribution in [0.5, 0.6) is 0 Å². The molecule has 4 heteroatoms. The first kappa shape index (κ1) is 14.9. The van der Waals surface area contributed by atoms with Crippen LogP contribution in [0.3, 0.4) is 0 Å². The van der Waals surface area contributed by atoms with E-state index in [1.165, 1.54) is 44.2 Å². The summed E-state index contributed by atoms with van der Waals surface area (Å²) in [4.78, 5) is 14.9. The SMILES string of the molecule is O=C(c1cc(S)ccc1F)N1CCC2(CCCCC2)CC1. The lowest BCUT2D eigenvalue weighted by molar-refractivity contribution is 0.0468. The smallest absolute Gasteiger partial charge is 0.256 e. The Morgan fingerprint density at radius 3 is 2.43 bits per heavy atom. The topological polar surface area (TPSA) is 20.3 Å². The van der Waals surface area contributed by atoms with Gasteiger partial charge < -0.3 is 4.90 Å². The van der Waals surface area contributed by atoms with E-state index in [1.54, 1.807) is 6.07 Å². The minimum atomic E-state index is -0.448. The third-order valence-electron chi connectivity index (χ3n) is 5.21. The molecule has 3 rings (SSSR count). The molecule has 0 aromatic heterocycles. The number of halogens is 1. The summed E-state index contributed by atoms with van der Waals surface area (Å²) in [5.41, 5.74) is 0.612. The van der Waals surface area contributed by atoms with Gasteiger partial charge in [-0.1, -0.05) is 19.3 Å². The Morgan fingerprint density at radius 2 is 1.76 bits per heavy atom. The van der Waals surface area contributed by atoms with Crippen LogP contribution in [0.2, 0.25) is 0 Å². The molecule has 0 bridgehead atoms. The monoisotopic (exact) mass is 307 g/mol. The maximum absolute atomic E-state index is 13.8. The molecule has 1 aliphatic carbocycles. The van der Waals surface area contributed by atoms with Crippen LogP contribution in [0.1, 0.15) is 55.3 Å². The number of likely N-dealkylation sites (tertiary alicyclic amines) is 1. The number of piperidine rings is 1. The van der Waals surface area contributed by atoms with Crippen molar-refractivity contribution in [1.82, 2.24) is 4.90 Å². The lowest BCUT2D eigenvalue weighted by atomic mass is 9.68. The van der Waals surface area contributed by atoms with Gasteiger partial charge >= 0.3 is 0 Å². The molecule has 1 heterocycles. The number of rotatable bonds is 1. The largest absolute Gasteiger partial charge is 0.339 e. The van der Waals surface area contributed by atoms with E-state index < -0.39 is 5.82 Å². The zero-order valence-corrected chi connectivity index (χ0v) is 13.2. The first-order valence-corrected chi connectivity index (χ1v) is 8.32. The van der Waals surface area contributed by atoms with E-state index in [-0.39, 0.29) is 11.5 Å². The van der Waals surface area contributed by atoms with E-state index in [2.05, 4.69) is 12.6 Å². The fourth-order valence-corrected chi connectivity index (χ4v) is 4.04. The number of hydrogen-bond donors (Lipinski definition) is 1. The second-order valence-electron chi connectivity index (χ2n) is 6.52. The fourth-order valence-electron chi connectivity index (χ4n) is 3.83. The van der Waals surface area contributed by atoms with Crippen LogP contribution in [0, 0.1) is 11.2 Å². The van der Waals surface area contributed by atoms with Crippen molar-refractivity contribution in [1.29, 1.82) is 0 Å². The van der Waals surface area contributed by atoms with Gasteiger partial charge in [-0.25, -0.2) is 4.39 Å². The molecule has 2 nitrogen and oxygen atoms in total. The highest BCUT2D eigenvalue weighted by Gasteiger charge is 2.37. The van der Waals surface area contributed by atoms with Crippen molar-refractivity contribution in [2.24, 2.45) is 5.41 Å². The molecule has 1 aromatic carbocycles. The molecule has 1 amide bonds. The summed E-state index contributed by atoms with van der Waals surface area (Å²) >= 11 is 4.20. The van der Waals surface area contributed by atoms with Gasteiger partial charge in [-0.05, 0) is 49.3 Å². The van der Waals surface area contributed by atoms with Crippen LogP contribution in [-0.4, -0.2) is 23.9 Å². The molecular weight excluding hydrogens is 285 g/mol. The molecule has 2 fully saturated rings. The number of carbonyl (C=O) groups is 1. The quantitative estimate of drug-likeness (QED) is 0.767. The maximum atomic E-state index is 13.8. The zero-order chi connectivity index (χ0) is 14.9. The lowest BCUT2D eigenvalue weighted by Crippen LogP contribution is -2.44. The van der Waals surface area contributed by atoms with E-state index in [0.29, 0.717) is 10.3 Å². The average Bonchev–Trinajstić information content (AvgIpc) is 2.51. The molecule has 0 atom stereocenters. The fraction of sp³-hybridized carbons (Fsp3) is 0.588. The zero-order valence-electron chi connectivity index (χ0n) is 12.3. The van der Waals surface area contributed by atoms with E-state index in [4.69, 9.17) is 0 Å². The normalized spacial score (nSPS) is 21.5. The number of nitrogens with zero attached hydrogens (tertiary/aromatic N) is 1. The predicted molar refractivity (Wildman–Crippen MR) is 84.3 cm³/mol. The molecule has 1 saturated heterocycles. The van der Waals surface area contributed by atoms with Crippen LogP contribution in [0.4, 0.5) is 4.39 Å². The summed E-state index contributed by atoms with van der Waals surface area (Å²) in [5.74, 6) is -0.634. The van der Waals surface area contributed by atoms with Crippen LogP contribution in [0.25, 0.3) is 0 Å². The molecule has 1 aliphatic heterocycles. The standard InChI is InChI=1S/C17H22FNOS/c18-15-5-4-13(21)12-14(15)16(20)19-10-8-17(9-11-19)6-2-1-3-7-17/h4-5,12,21H,1-3,6-11H2. The van der Waals surface area contributed by atoms with Crippen molar-refractivity contribution >= 4 is 18.5 Å². The van der Waals surface area contributed by atoms with Gasteiger partial charge in [-0.2, -0.15) is 0 Å². The van der Waals surface area contributed by atoms with Gasteiger partial charge in [0.2, 0.25) is 0 Å². The summed E-state index contributed by atoms with van der Waals surface area (Å²) in [5, 5.41) is 0. The van der Waals surface area contributed by atoms with Crippen molar-refractivity contribution in [3.05, 3.63) is 29.6 Å². The second-order valence-corrected chi connectivity index (χ2v) is 7.03. The summed E-state index contributed by atoms with van der Waals surface area (Å²) < 4.78 is 13.8. The third-order valence-corrected chi connectivity index (χ3v) is 5.48. The molecule has 1 spiro atoms. The molecule has 0 unspecified atom stereocenters. The predicted octanol–water partition coefficient (Wildman–Crippen LogP) is 4.30. The minimum absolute atomic E-state index is 0.155. The van der Waals surface area contributed by atoms with Crippen LogP contribution in [-0.2, 0) is 0 Å². The lowest BCUT2D eigenvalue weighted by Gasteiger charge is -2.44. The van der Waals surface area contributed by atoms with Crippen LogP contribution >= 0.6 is 12.6 Å². The minimum Gasteiger partial charge on any atom is -0.339 e. The Hall–Kier alpha value is -1.03. The molecule has 1 saturated carbocycles. The number of benzene rings is 1. The Kier molecular flexibility index (Phi) is 4.25. The molecule has 0 radical (unpaired) electrons. The first-order valence-electron chi connectivity index (χ1n) is 7.88. The van der Waals surface area contributed by atoms with Gasteiger partial charge in [-0.3, -0.25) is 4.79 Å². The highest BCUT2D eigenvalue weighted by Crippen LogP contribution is 2.44. The summed E-state index contributed by atoms with van der Waals surface area (Å²) in [6, 6.07) is 4.43. The number of amides is 1. The highest BCUT2D eigenvalue weighted by atomic mass is 32.1. The van der Waals surface area contributed by atoms with Crippen molar-refractivity contribution < 1.29 is 9.18 Å². The van der Waals surface area contributed by atoms with Gasteiger partial charge in [0.15, 0.2) is 0 Å². The van der Waals surface area contributed by atoms with E-state index >= 15 is 0 Å². The van der Waals surface area contributed by atoms with Crippen molar-refractivity contribution in [3.8, 4) is 0 Å². The molecular formula is C17H22FNOS. The molecule has 114 valence electrons. The van der Waals surface area contributed by atoms with E-state index in [0.717, 1.165) is 25.9 Å². The Labute approximate surface area is 131 Å². The van der Waals surface area contributed by atoms with E-state index in [1.807, 2.05) is 4.90 Å². The van der Waals surface area contributed by atoms with Crippen molar-refractivity contribution in [2.45, 2.75) is 49.8 Å². The van der Waals surface area contributed by atoms with Gasteiger partial charge in [0.1, 0.15) is 5.82 Å². The van der Waals surface area contributed by atoms with Gasteiger partial charge in [0.05, 0.1) is 5.56 Å². The van der Waals surface area contributed by atoms with E-state index in [9.17, 15) is 9.18 Å². The molecule has 2 aliphatic rings. The summed E-state index contributed by atoms with van der Waals surface area (Å²) in [6.07, 6.45) is 8.74. The maximum Gasteiger partial charge on any atom is 0.256 e. The first-order chi connectivity index (χ1) is 10.1. The Morgan fingerprint density at radius 1 is 1.10 bits per heavy atom. The van der Waals surface area contributed by atoms with Crippen molar-refractivity contribution in [2.75, 3.05) is 13.1 Å². The number of hydrogen-bond acceptors (Lipinski definition) is 2. The Bertz CT molecular complexity index is 530. The molecule has 1 aromatic rings. The van der Waals surface area contributed by atoms with Gasteiger partial charge in [0, 0.05) is 18.0 Å². The van der Waals surface area contributed by atoms with Crippen LogP contribution in [0.15, 0.2) is 23.1 Å². The summed E-state index contributed by atoms with van der Waals surface area (Å²) in [7, 11) is 0. The molecule has 0 N–H and O–H groups in total. The Balaban J connectivity index is 1.69. The average molecular weight is 307 g/mol. The third kappa shape index (κ3) is 3.10.